The third kappa shape index (κ3) is 7.27. The van der Waals surface area contributed by atoms with Crippen molar-refractivity contribution < 1.29 is 12.8 Å². The molecule has 0 saturated heterocycles. The molecule has 0 atom stereocenters. The summed E-state index contributed by atoms with van der Waals surface area (Å²) in [6, 6.07) is 4.41. The van der Waals surface area contributed by atoms with Crippen molar-refractivity contribution in [3.8, 4) is 0 Å². The lowest BCUT2D eigenvalue weighted by Gasteiger charge is -2.27. The van der Waals surface area contributed by atoms with E-state index in [9.17, 15) is 12.8 Å². The predicted octanol–water partition coefficient (Wildman–Crippen LogP) is 2.59. The van der Waals surface area contributed by atoms with Crippen LogP contribution < -0.4 is 10.6 Å². The zero-order valence-corrected chi connectivity index (χ0v) is 18.2. The number of sulfonamides is 1. The molecule has 0 spiro atoms. The van der Waals surface area contributed by atoms with Crippen molar-refractivity contribution in [1.82, 2.24) is 14.9 Å². The van der Waals surface area contributed by atoms with Gasteiger partial charge in [0.05, 0.1) is 5.75 Å². The Morgan fingerprint density at radius 2 is 2.00 bits per heavy atom. The molecule has 0 aliphatic rings. The molecule has 0 aliphatic heterocycles. The van der Waals surface area contributed by atoms with Crippen LogP contribution in [0.2, 0.25) is 5.02 Å². The summed E-state index contributed by atoms with van der Waals surface area (Å²) in [5, 5.41) is 6.79. The molecule has 0 fully saturated rings. The zero-order valence-electron chi connectivity index (χ0n) is 16.6. The van der Waals surface area contributed by atoms with Gasteiger partial charge in [-0.1, -0.05) is 31.5 Å². The zero-order chi connectivity index (χ0) is 20.7. The second-order valence-corrected chi connectivity index (χ2v) is 9.71. The van der Waals surface area contributed by atoms with Crippen molar-refractivity contribution in [2.24, 2.45) is 4.99 Å². The summed E-state index contributed by atoms with van der Waals surface area (Å²) in [5.41, 5.74) is 0.512. The molecule has 1 aromatic carbocycles. The second-order valence-electron chi connectivity index (χ2n) is 6.94. The largest absolute Gasteiger partial charge is 0.356 e. The maximum Gasteiger partial charge on any atom is 0.213 e. The van der Waals surface area contributed by atoms with Gasteiger partial charge in [-0.2, -0.15) is 0 Å². The molecule has 0 bridgehead atoms. The van der Waals surface area contributed by atoms with E-state index in [1.54, 1.807) is 27.1 Å². The summed E-state index contributed by atoms with van der Waals surface area (Å²) in [6.07, 6.45) is 0.656. The van der Waals surface area contributed by atoms with Gasteiger partial charge in [0.1, 0.15) is 5.82 Å². The maximum absolute atomic E-state index is 13.3. The van der Waals surface area contributed by atoms with Crippen LogP contribution >= 0.6 is 11.6 Å². The summed E-state index contributed by atoms with van der Waals surface area (Å²) in [7, 11) is 0.100. The van der Waals surface area contributed by atoms with Gasteiger partial charge in [-0.05, 0) is 31.0 Å². The average molecular weight is 421 g/mol. The number of nitrogens with one attached hydrogen (secondary N) is 2. The lowest BCUT2D eigenvalue weighted by Crippen LogP contribution is -2.44. The number of hydrogen-bond acceptors (Lipinski definition) is 3. The Morgan fingerprint density at radius 3 is 2.56 bits per heavy atom. The fraction of sp³-hybridized carbons (Fsp3) is 0.611. The highest BCUT2D eigenvalue weighted by molar-refractivity contribution is 7.89. The third-order valence-electron chi connectivity index (χ3n) is 4.36. The van der Waals surface area contributed by atoms with E-state index in [1.807, 2.05) is 13.8 Å². The highest BCUT2D eigenvalue weighted by Gasteiger charge is 2.24. The van der Waals surface area contributed by atoms with E-state index >= 15 is 0 Å². The van der Waals surface area contributed by atoms with Gasteiger partial charge in [0, 0.05) is 44.2 Å². The Bertz CT molecular complexity index is 754. The normalized spacial score (nSPS) is 13.1. The van der Waals surface area contributed by atoms with Gasteiger partial charge in [-0.25, -0.2) is 17.1 Å². The first-order valence-electron chi connectivity index (χ1n) is 8.87. The Morgan fingerprint density at radius 1 is 1.33 bits per heavy atom. The minimum atomic E-state index is -3.15. The molecular formula is C18H30ClFN4O2S. The summed E-state index contributed by atoms with van der Waals surface area (Å²) in [6.45, 7) is 7.22. The van der Waals surface area contributed by atoms with E-state index in [2.05, 4.69) is 15.6 Å². The van der Waals surface area contributed by atoms with Crippen LogP contribution in [-0.2, 0) is 15.4 Å². The van der Waals surface area contributed by atoms with Crippen LogP contribution in [0, 0.1) is 5.82 Å². The number of benzene rings is 1. The number of rotatable bonds is 9. The van der Waals surface area contributed by atoms with Crippen LogP contribution in [-0.4, -0.2) is 58.2 Å². The predicted molar refractivity (Wildman–Crippen MR) is 111 cm³/mol. The molecule has 9 heteroatoms. The summed E-state index contributed by atoms with van der Waals surface area (Å²) in [5.74, 6) is 0.351. The molecule has 27 heavy (non-hydrogen) atoms. The van der Waals surface area contributed by atoms with Crippen molar-refractivity contribution in [2.45, 2.75) is 32.6 Å². The Balaban J connectivity index is 2.52. The van der Waals surface area contributed by atoms with Crippen molar-refractivity contribution in [2.75, 3.05) is 39.5 Å². The molecule has 1 aromatic rings. The van der Waals surface area contributed by atoms with Crippen molar-refractivity contribution in [1.29, 1.82) is 0 Å². The molecule has 2 N–H and O–H groups in total. The van der Waals surface area contributed by atoms with Crippen LogP contribution in [0.15, 0.2) is 23.2 Å². The van der Waals surface area contributed by atoms with E-state index in [1.165, 1.54) is 16.4 Å². The first kappa shape index (κ1) is 23.7. The Kier molecular flexibility index (Phi) is 8.98. The van der Waals surface area contributed by atoms with Crippen LogP contribution in [0.25, 0.3) is 0 Å². The minimum absolute atomic E-state index is 0.0984. The lowest BCUT2D eigenvalue weighted by atomic mass is 9.84. The number of halogens is 2. The Hall–Kier alpha value is -1.38. The summed E-state index contributed by atoms with van der Waals surface area (Å²) >= 11 is 6.18. The molecule has 0 aromatic heterocycles. The van der Waals surface area contributed by atoms with Gasteiger partial charge in [0.25, 0.3) is 0 Å². The maximum atomic E-state index is 13.3. The lowest BCUT2D eigenvalue weighted by molar-refractivity contribution is 0.460. The summed E-state index contributed by atoms with van der Waals surface area (Å²) < 4.78 is 38.1. The van der Waals surface area contributed by atoms with Crippen LogP contribution in [0.1, 0.15) is 32.8 Å². The standard InChI is InChI=1S/C18H30ClFN4O2S/c1-6-27(25,26)24(5)11-7-10-22-17(21-4)23-13-18(2,3)15-9-8-14(20)12-16(15)19/h8-9,12H,6-7,10-11,13H2,1-5H3,(H2,21,22,23). The number of guanidine groups is 1. The molecule has 6 nitrogen and oxygen atoms in total. The monoisotopic (exact) mass is 420 g/mol. The number of hydrogen-bond donors (Lipinski definition) is 2. The van der Waals surface area contributed by atoms with E-state index in [0.29, 0.717) is 37.0 Å². The van der Waals surface area contributed by atoms with Crippen LogP contribution in [0.3, 0.4) is 0 Å². The van der Waals surface area contributed by atoms with Gasteiger partial charge in [0.15, 0.2) is 5.96 Å². The molecule has 0 aliphatic carbocycles. The van der Waals surface area contributed by atoms with Gasteiger partial charge < -0.3 is 10.6 Å². The van der Waals surface area contributed by atoms with Crippen molar-refractivity contribution >= 4 is 27.6 Å². The van der Waals surface area contributed by atoms with Gasteiger partial charge in [0.2, 0.25) is 10.0 Å². The van der Waals surface area contributed by atoms with Crippen molar-refractivity contribution in [3.05, 3.63) is 34.6 Å². The van der Waals surface area contributed by atoms with Gasteiger partial charge in [-0.3, -0.25) is 4.99 Å². The summed E-state index contributed by atoms with van der Waals surface area (Å²) in [4.78, 5) is 4.17. The SMILES string of the molecule is CCS(=O)(=O)N(C)CCCNC(=NC)NCC(C)(C)c1ccc(F)cc1Cl. The quantitative estimate of drug-likeness (QED) is 0.366. The van der Waals surface area contributed by atoms with Crippen LogP contribution in [0.5, 0.6) is 0 Å². The molecule has 0 saturated carbocycles. The first-order chi connectivity index (χ1) is 12.5. The molecule has 0 radical (unpaired) electrons. The third-order valence-corrected chi connectivity index (χ3v) is 6.54. The number of nitrogens with zero attached hydrogens (tertiary/aromatic N) is 2. The highest BCUT2D eigenvalue weighted by Crippen LogP contribution is 2.29. The molecule has 0 heterocycles. The molecular weight excluding hydrogens is 391 g/mol. The van der Waals surface area contributed by atoms with Gasteiger partial charge >= 0.3 is 0 Å². The number of aliphatic imine (C=N–C) groups is 1. The molecule has 154 valence electrons. The molecule has 0 unspecified atom stereocenters. The van der Waals surface area contributed by atoms with E-state index < -0.39 is 10.0 Å². The van der Waals surface area contributed by atoms with E-state index in [-0.39, 0.29) is 17.0 Å². The fourth-order valence-electron chi connectivity index (χ4n) is 2.53. The molecule has 0 amide bonds. The topological polar surface area (TPSA) is 73.8 Å². The van der Waals surface area contributed by atoms with Crippen molar-refractivity contribution in [3.63, 3.8) is 0 Å². The van der Waals surface area contributed by atoms with E-state index in [4.69, 9.17) is 11.6 Å². The fourth-order valence-corrected chi connectivity index (χ4v) is 3.80. The van der Waals surface area contributed by atoms with Crippen LogP contribution in [0.4, 0.5) is 4.39 Å². The average Bonchev–Trinajstić information content (AvgIpc) is 2.60. The smallest absolute Gasteiger partial charge is 0.213 e. The Labute approximate surface area is 167 Å². The minimum Gasteiger partial charge on any atom is -0.356 e. The first-order valence-corrected chi connectivity index (χ1v) is 10.9. The molecule has 1 rings (SSSR count). The van der Waals surface area contributed by atoms with E-state index in [0.717, 1.165) is 5.56 Å². The van der Waals surface area contributed by atoms with Gasteiger partial charge in [-0.15, -0.1) is 0 Å². The second kappa shape index (κ2) is 10.2. The highest BCUT2D eigenvalue weighted by atomic mass is 35.5.